The van der Waals surface area contributed by atoms with Crippen LogP contribution in [0.25, 0.3) is 0 Å². The van der Waals surface area contributed by atoms with E-state index in [1.807, 2.05) is 11.7 Å². The van der Waals surface area contributed by atoms with Crippen LogP contribution in [-0.4, -0.2) is 36.1 Å². The Morgan fingerprint density at radius 2 is 2.16 bits per heavy atom. The van der Waals surface area contributed by atoms with E-state index in [4.69, 9.17) is 4.74 Å². The molecule has 1 aliphatic rings. The molecule has 1 saturated heterocycles. The Kier molecular flexibility index (Phi) is 5.42. The predicted octanol–water partition coefficient (Wildman–Crippen LogP) is 2.30. The Morgan fingerprint density at radius 3 is 2.68 bits per heavy atom. The minimum absolute atomic E-state index is 0.500. The first-order chi connectivity index (χ1) is 9.17. The molecule has 2 rings (SSSR count). The summed E-state index contributed by atoms with van der Waals surface area (Å²) < 4.78 is 8.66. The quantitative estimate of drug-likeness (QED) is 0.900. The molecule has 2 heterocycles. The number of hydrogen-bond acceptors (Lipinski definition) is 3. The predicted molar refractivity (Wildman–Crippen MR) is 80.4 cm³/mol. The van der Waals surface area contributed by atoms with Gasteiger partial charge in [-0.3, -0.25) is 4.68 Å². The summed E-state index contributed by atoms with van der Waals surface area (Å²) in [6, 6.07) is 0.500. The van der Waals surface area contributed by atoms with Gasteiger partial charge >= 0.3 is 0 Å². The van der Waals surface area contributed by atoms with E-state index in [1.54, 1.807) is 0 Å². The van der Waals surface area contributed by atoms with E-state index < -0.39 is 0 Å². The molecule has 1 aromatic heterocycles. The van der Waals surface area contributed by atoms with Crippen molar-refractivity contribution in [2.75, 3.05) is 20.3 Å². The van der Waals surface area contributed by atoms with Crippen molar-refractivity contribution < 1.29 is 4.74 Å². The van der Waals surface area contributed by atoms with Crippen LogP contribution in [0.2, 0.25) is 0 Å². The third-order valence-corrected chi connectivity index (χ3v) is 5.04. The van der Waals surface area contributed by atoms with Crippen LogP contribution in [0.5, 0.6) is 0 Å². The van der Waals surface area contributed by atoms with Gasteiger partial charge in [-0.1, -0.05) is 6.92 Å². The molecule has 0 saturated carbocycles. The number of halogens is 1. The van der Waals surface area contributed by atoms with Crippen molar-refractivity contribution in [1.82, 2.24) is 15.1 Å². The third-order valence-electron chi connectivity index (χ3n) is 4.12. The largest absolute Gasteiger partial charge is 0.381 e. The zero-order valence-corrected chi connectivity index (χ0v) is 13.7. The molecule has 1 atom stereocenters. The van der Waals surface area contributed by atoms with Crippen LogP contribution < -0.4 is 5.32 Å². The summed E-state index contributed by atoms with van der Waals surface area (Å²) in [5.41, 5.74) is 2.45. The second kappa shape index (κ2) is 6.86. The van der Waals surface area contributed by atoms with Gasteiger partial charge in [-0.15, -0.1) is 0 Å². The van der Waals surface area contributed by atoms with Crippen LogP contribution in [0.3, 0.4) is 0 Å². The highest BCUT2D eigenvalue weighted by Gasteiger charge is 2.25. The summed E-state index contributed by atoms with van der Waals surface area (Å²) in [6.45, 7) is 3.94. The lowest BCUT2D eigenvalue weighted by Crippen LogP contribution is -2.39. The summed E-state index contributed by atoms with van der Waals surface area (Å²) in [4.78, 5) is 0. The highest BCUT2D eigenvalue weighted by atomic mass is 79.9. The Hall–Kier alpha value is -0.390. The minimum atomic E-state index is 0.500. The van der Waals surface area contributed by atoms with Gasteiger partial charge in [-0.25, -0.2) is 0 Å². The van der Waals surface area contributed by atoms with Crippen LogP contribution in [0, 0.1) is 5.92 Å². The van der Waals surface area contributed by atoms with Crippen molar-refractivity contribution in [2.24, 2.45) is 13.0 Å². The van der Waals surface area contributed by atoms with E-state index >= 15 is 0 Å². The fourth-order valence-corrected chi connectivity index (χ4v) is 3.65. The number of hydrogen-bond donors (Lipinski definition) is 1. The number of nitrogens with one attached hydrogen (secondary N) is 1. The highest BCUT2D eigenvalue weighted by molar-refractivity contribution is 9.10. The molecule has 0 radical (unpaired) electrons. The van der Waals surface area contributed by atoms with Crippen LogP contribution in [0.1, 0.15) is 31.2 Å². The zero-order chi connectivity index (χ0) is 13.8. The number of nitrogens with zero attached hydrogens (tertiary/aromatic N) is 2. The molecule has 1 N–H and O–H groups in total. The Labute approximate surface area is 124 Å². The standard InChI is InChI=1S/C14H24BrN3O/c1-4-11-14(15)13(18(3)17-11)9-12(16-2)10-5-7-19-8-6-10/h10,12,16H,4-9H2,1-3H3. The molecule has 0 bridgehead atoms. The van der Waals surface area contributed by atoms with Gasteiger partial charge in [-0.05, 0) is 48.2 Å². The van der Waals surface area contributed by atoms with Gasteiger partial charge in [0.25, 0.3) is 0 Å². The van der Waals surface area contributed by atoms with Gasteiger partial charge < -0.3 is 10.1 Å². The van der Waals surface area contributed by atoms with Gasteiger partial charge in [0.15, 0.2) is 0 Å². The van der Waals surface area contributed by atoms with Crippen molar-refractivity contribution in [1.29, 1.82) is 0 Å². The van der Waals surface area contributed by atoms with Gasteiger partial charge in [-0.2, -0.15) is 5.10 Å². The molecule has 108 valence electrons. The molecule has 4 nitrogen and oxygen atoms in total. The maximum atomic E-state index is 5.46. The third kappa shape index (κ3) is 3.38. The van der Waals surface area contributed by atoms with Gasteiger partial charge in [0.05, 0.1) is 15.9 Å². The van der Waals surface area contributed by atoms with Crippen molar-refractivity contribution in [3.8, 4) is 0 Å². The lowest BCUT2D eigenvalue weighted by atomic mass is 9.89. The van der Waals surface area contributed by atoms with Crippen LogP contribution in [-0.2, 0) is 24.6 Å². The van der Waals surface area contributed by atoms with E-state index in [1.165, 1.54) is 10.2 Å². The summed E-state index contributed by atoms with van der Waals surface area (Å²) in [7, 11) is 4.10. The number of aryl methyl sites for hydroxylation is 2. The lowest BCUT2D eigenvalue weighted by Gasteiger charge is -2.30. The maximum absolute atomic E-state index is 5.46. The summed E-state index contributed by atoms with van der Waals surface area (Å²) >= 11 is 3.71. The molecule has 1 unspecified atom stereocenters. The molecule has 0 aromatic carbocycles. The SMILES string of the molecule is CCc1nn(C)c(CC(NC)C2CCOCC2)c1Br. The first kappa shape index (κ1) is 15.0. The molecule has 1 aliphatic heterocycles. The number of rotatable bonds is 5. The summed E-state index contributed by atoms with van der Waals surface area (Å²) in [6.07, 6.45) is 4.30. The number of ether oxygens (including phenoxy) is 1. The molecule has 1 fully saturated rings. The Morgan fingerprint density at radius 1 is 1.47 bits per heavy atom. The molecule has 0 spiro atoms. The molecule has 19 heavy (non-hydrogen) atoms. The zero-order valence-electron chi connectivity index (χ0n) is 12.1. The molecular formula is C14H24BrN3O. The molecule has 0 amide bonds. The van der Waals surface area contributed by atoms with Crippen LogP contribution >= 0.6 is 15.9 Å². The van der Waals surface area contributed by atoms with Crippen LogP contribution in [0.4, 0.5) is 0 Å². The topological polar surface area (TPSA) is 39.1 Å². The fourth-order valence-electron chi connectivity index (χ4n) is 2.87. The smallest absolute Gasteiger partial charge is 0.0766 e. The first-order valence-corrected chi connectivity index (χ1v) is 7.91. The summed E-state index contributed by atoms with van der Waals surface area (Å²) in [5.74, 6) is 0.700. The van der Waals surface area contributed by atoms with E-state index in [0.717, 1.165) is 44.6 Å². The molecular weight excluding hydrogens is 306 g/mol. The van der Waals surface area contributed by atoms with E-state index in [2.05, 4.69) is 40.3 Å². The fraction of sp³-hybridized carbons (Fsp3) is 0.786. The Balaban J connectivity index is 2.11. The average Bonchev–Trinajstić information content (AvgIpc) is 2.72. The van der Waals surface area contributed by atoms with Crippen molar-refractivity contribution in [2.45, 2.75) is 38.6 Å². The Bertz CT molecular complexity index is 413. The van der Waals surface area contributed by atoms with E-state index in [-0.39, 0.29) is 0 Å². The minimum Gasteiger partial charge on any atom is -0.381 e. The highest BCUT2D eigenvalue weighted by Crippen LogP contribution is 2.26. The average molecular weight is 330 g/mol. The second-order valence-corrected chi connectivity index (χ2v) is 6.03. The summed E-state index contributed by atoms with van der Waals surface area (Å²) in [5, 5.41) is 8.06. The molecule has 1 aromatic rings. The second-order valence-electron chi connectivity index (χ2n) is 5.23. The number of aromatic nitrogens is 2. The van der Waals surface area contributed by atoms with Crippen molar-refractivity contribution >= 4 is 15.9 Å². The van der Waals surface area contributed by atoms with Crippen molar-refractivity contribution in [3.63, 3.8) is 0 Å². The van der Waals surface area contributed by atoms with Gasteiger partial charge in [0.2, 0.25) is 0 Å². The van der Waals surface area contributed by atoms with Crippen molar-refractivity contribution in [3.05, 3.63) is 15.9 Å². The molecule has 0 aliphatic carbocycles. The number of likely N-dealkylation sites (N-methyl/N-ethyl adjacent to an activating group) is 1. The lowest BCUT2D eigenvalue weighted by molar-refractivity contribution is 0.0545. The van der Waals surface area contributed by atoms with Gasteiger partial charge in [0.1, 0.15) is 0 Å². The normalized spacial score (nSPS) is 18.7. The molecule has 5 heteroatoms. The monoisotopic (exact) mass is 329 g/mol. The maximum Gasteiger partial charge on any atom is 0.0766 e. The first-order valence-electron chi connectivity index (χ1n) is 7.12. The van der Waals surface area contributed by atoms with Crippen LogP contribution in [0.15, 0.2) is 4.47 Å². The van der Waals surface area contributed by atoms with Gasteiger partial charge in [0, 0.05) is 32.7 Å². The van der Waals surface area contributed by atoms with E-state index in [9.17, 15) is 0 Å². The van der Waals surface area contributed by atoms with E-state index in [0.29, 0.717) is 12.0 Å².